The van der Waals surface area contributed by atoms with E-state index in [4.69, 9.17) is 21.1 Å². The molecule has 26 heavy (non-hydrogen) atoms. The minimum Gasteiger partial charge on any atom is -0.497 e. The van der Waals surface area contributed by atoms with Crippen LogP contribution in [0.1, 0.15) is 5.56 Å². The number of methoxy groups -OCH3 is 2. The van der Waals surface area contributed by atoms with Gasteiger partial charge in [0.25, 0.3) is 0 Å². The molecule has 0 spiro atoms. The fourth-order valence-electron chi connectivity index (χ4n) is 2.32. The number of amides is 2. The van der Waals surface area contributed by atoms with E-state index in [0.29, 0.717) is 16.5 Å². The molecule has 0 bridgehead atoms. The van der Waals surface area contributed by atoms with Crippen molar-refractivity contribution in [3.63, 3.8) is 0 Å². The maximum absolute atomic E-state index is 12.3. The number of nitrogens with zero attached hydrogens (tertiary/aromatic N) is 1. The van der Waals surface area contributed by atoms with E-state index in [0.717, 1.165) is 11.3 Å². The molecule has 0 fully saturated rings. The van der Waals surface area contributed by atoms with E-state index in [-0.39, 0.29) is 24.8 Å². The molecule has 2 rings (SSSR count). The minimum atomic E-state index is -0.337. The molecule has 0 aliphatic heterocycles. The van der Waals surface area contributed by atoms with Crippen LogP contribution in [0.4, 0.5) is 5.69 Å². The van der Waals surface area contributed by atoms with Gasteiger partial charge in [-0.05, 0) is 35.9 Å². The van der Waals surface area contributed by atoms with Crippen molar-refractivity contribution in [1.82, 2.24) is 4.90 Å². The van der Waals surface area contributed by atoms with Crippen molar-refractivity contribution in [2.75, 3.05) is 33.1 Å². The zero-order valence-electron chi connectivity index (χ0n) is 14.9. The van der Waals surface area contributed by atoms with E-state index in [2.05, 4.69) is 5.32 Å². The molecule has 0 unspecified atom stereocenters. The highest BCUT2D eigenvalue weighted by Gasteiger charge is 2.15. The topological polar surface area (TPSA) is 67.9 Å². The van der Waals surface area contributed by atoms with Crippen LogP contribution < -0.4 is 14.8 Å². The Morgan fingerprint density at radius 1 is 1.08 bits per heavy atom. The van der Waals surface area contributed by atoms with Gasteiger partial charge in [-0.3, -0.25) is 9.59 Å². The number of nitrogens with one attached hydrogen (secondary N) is 1. The first kappa shape index (κ1) is 19.6. The fraction of sp³-hybridized carbons (Fsp3) is 0.263. The normalized spacial score (nSPS) is 10.2. The average Bonchev–Trinajstić information content (AvgIpc) is 2.62. The van der Waals surface area contributed by atoms with E-state index in [1.54, 1.807) is 44.5 Å². The average molecular weight is 377 g/mol. The van der Waals surface area contributed by atoms with E-state index >= 15 is 0 Å². The van der Waals surface area contributed by atoms with Gasteiger partial charge in [0.05, 0.1) is 32.9 Å². The summed E-state index contributed by atoms with van der Waals surface area (Å²) in [5.41, 5.74) is 1.31. The lowest BCUT2D eigenvalue weighted by atomic mass is 10.1. The summed E-state index contributed by atoms with van der Waals surface area (Å²) in [7, 11) is 4.67. The second kappa shape index (κ2) is 9.10. The highest BCUT2D eigenvalue weighted by molar-refractivity contribution is 6.31. The van der Waals surface area contributed by atoms with Crippen LogP contribution >= 0.6 is 11.6 Å². The second-order valence-electron chi connectivity index (χ2n) is 5.67. The van der Waals surface area contributed by atoms with E-state index in [9.17, 15) is 9.59 Å². The molecule has 0 radical (unpaired) electrons. The SMILES string of the molecule is COc1ccc(CC(=O)N(C)CC(=O)Nc2cc(Cl)ccc2OC)cc1. The summed E-state index contributed by atoms with van der Waals surface area (Å²) in [6, 6.07) is 12.2. The quantitative estimate of drug-likeness (QED) is 0.806. The standard InChI is InChI=1S/C19H21ClN2O4/c1-22(19(24)10-13-4-7-15(25-2)8-5-13)12-18(23)21-16-11-14(20)6-9-17(16)26-3/h4-9,11H,10,12H2,1-3H3,(H,21,23). The first-order valence-corrected chi connectivity index (χ1v) is 8.31. The summed E-state index contributed by atoms with van der Waals surface area (Å²) in [5.74, 6) is 0.721. The van der Waals surface area contributed by atoms with Crippen LogP contribution in [0.5, 0.6) is 11.5 Å². The van der Waals surface area contributed by atoms with Crippen molar-refractivity contribution in [1.29, 1.82) is 0 Å². The molecule has 1 N–H and O–H groups in total. The van der Waals surface area contributed by atoms with Crippen molar-refractivity contribution < 1.29 is 19.1 Å². The lowest BCUT2D eigenvalue weighted by Crippen LogP contribution is -2.35. The Labute approximate surface area is 157 Å². The van der Waals surface area contributed by atoms with Gasteiger partial charge in [-0.2, -0.15) is 0 Å². The Morgan fingerprint density at radius 3 is 2.38 bits per heavy atom. The molecule has 2 aromatic carbocycles. The first-order chi connectivity index (χ1) is 12.4. The Hall–Kier alpha value is -2.73. The number of hydrogen-bond donors (Lipinski definition) is 1. The molecule has 0 heterocycles. The monoisotopic (exact) mass is 376 g/mol. The Morgan fingerprint density at radius 2 is 1.77 bits per heavy atom. The summed E-state index contributed by atoms with van der Waals surface area (Å²) >= 11 is 5.94. The lowest BCUT2D eigenvalue weighted by molar-refractivity contribution is -0.132. The number of carbonyl (C=O) groups is 2. The number of hydrogen-bond acceptors (Lipinski definition) is 4. The van der Waals surface area contributed by atoms with Crippen molar-refractivity contribution in [3.8, 4) is 11.5 Å². The summed E-state index contributed by atoms with van der Waals surface area (Å²) in [6.07, 6.45) is 0.203. The number of ether oxygens (including phenoxy) is 2. The van der Waals surface area contributed by atoms with Gasteiger partial charge >= 0.3 is 0 Å². The third-order valence-corrected chi connectivity index (χ3v) is 3.99. The molecule has 0 atom stereocenters. The highest BCUT2D eigenvalue weighted by Crippen LogP contribution is 2.27. The molecule has 7 heteroatoms. The van der Waals surface area contributed by atoms with Gasteiger partial charge in [-0.25, -0.2) is 0 Å². The lowest BCUT2D eigenvalue weighted by Gasteiger charge is -2.18. The van der Waals surface area contributed by atoms with E-state index < -0.39 is 0 Å². The highest BCUT2D eigenvalue weighted by atomic mass is 35.5. The fourth-order valence-corrected chi connectivity index (χ4v) is 2.50. The summed E-state index contributed by atoms with van der Waals surface area (Å²) in [5, 5.41) is 3.19. The molecule has 6 nitrogen and oxygen atoms in total. The van der Waals surface area contributed by atoms with Crippen LogP contribution in [-0.2, 0) is 16.0 Å². The first-order valence-electron chi connectivity index (χ1n) is 7.93. The molecule has 0 aliphatic carbocycles. The number of carbonyl (C=O) groups excluding carboxylic acids is 2. The van der Waals surface area contributed by atoms with Gasteiger partial charge < -0.3 is 19.7 Å². The molecular weight excluding hydrogens is 356 g/mol. The molecular formula is C19H21ClN2O4. The minimum absolute atomic E-state index is 0.0787. The third-order valence-electron chi connectivity index (χ3n) is 3.76. The van der Waals surface area contributed by atoms with E-state index in [1.165, 1.54) is 12.0 Å². The number of likely N-dealkylation sites (N-methyl/N-ethyl adjacent to an activating group) is 1. The Kier molecular flexibility index (Phi) is 6.86. The number of benzene rings is 2. The summed E-state index contributed by atoms with van der Waals surface area (Å²) in [6.45, 7) is -0.0787. The Bertz CT molecular complexity index is 778. The maximum atomic E-state index is 12.3. The van der Waals surface area contributed by atoms with Crippen molar-refractivity contribution in [2.45, 2.75) is 6.42 Å². The molecule has 2 aromatic rings. The molecule has 2 amide bonds. The molecule has 138 valence electrons. The van der Waals surface area contributed by atoms with Gasteiger partial charge in [0.2, 0.25) is 11.8 Å². The van der Waals surface area contributed by atoms with Crippen molar-refractivity contribution >= 4 is 29.1 Å². The van der Waals surface area contributed by atoms with E-state index in [1.807, 2.05) is 12.1 Å². The molecule has 0 saturated heterocycles. The largest absolute Gasteiger partial charge is 0.497 e. The maximum Gasteiger partial charge on any atom is 0.244 e. The van der Waals surface area contributed by atoms with Crippen LogP contribution in [0.3, 0.4) is 0 Å². The van der Waals surface area contributed by atoms with Gasteiger partial charge in [-0.1, -0.05) is 23.7 Å². The van der Waals surface area contributed by atoms with Crippen LogP contribution in [0.25, 0.3) is 0 Å². The predicted molar refractivity (Wildman–Crippen MR) is 101 cm³/mol. The van der Waals surface area contributed by atoms with Crippen LogP contribution in [-0.4, -0.2) is 44.5 Å². The number of rotatable bonds is 7. The number of anilines is 1. The molecule has 0 aliphatic rings. The number of halogens is 1. The van der Waals surface area contributed by atoms with Crippen LogP contribution in [0.2, 0.25) is 5.02 Å². The van der Waals surface area contributed by atoms with Gasteiger partial charge in [0, 0.05) is 12.1 Å². The van der Waals surface area contributed by atoms with Gasteiger partial charge in [0.1, 0.15) is 11.5 Å². The van der Waals surface area contributed by atoms with Crippen LogP contribution in [0, 0.1) is 0 Å². The third kappa shape index (κ3) is 5.39. The zero-order chi connectivity index (χ0) is 19.1. The summed E-state index contributed by atoms with van der Waals surface area (Å²) < 4.78 is 10.3. The van der Waals surface area contributed by atoms with Crippen molar-refractivity contribution in [3.05, 3.63) is 53.1 Å². The van der Waals surface area contributed by atoms with Gasteiger partial charge in [0.15, 0.2) is 0 Å². The second-order valence-corrected chi connectivity index (χ2v) is 6.10. The Balaban J connectivity index is 1.93. The summed E-state index contributed by atoms with van der Waals surface area (Å²) in [4.78, 5) is 25.9. The molecule has 0 saturated carbocycles. The van der Waals surface area contributed by atoms with Crippen LogP contribution in [0.15, 0.2) is 42.5 Å². The smallest absolute Gasteiger partial charge is 0.244 e. The van der Waals surface area contributed by atoms with Crippen molar-refractivity contribution in [2.24, 2.45) is 0 Å². The van der Waals surface area contributed by atoms with Gasteiger partial charge in [-0.15, -0.1) is 0 Å². The predicted octanol–water partition coefficient (Wildman–Crippen LogP) is 3.00. The zero-order valence-corrected chi connectivity index (χ0v) is 15.7. The molecule has 0 aromatic heterocycles.